The predicted octanol–water partition coefficient (Wildman–Crippen LogP) is 2.80. The van der Waals surface area contributed by atoms with Crippen LogP contribution in [0, 0.1) is 0 Å². The highest BCUT2D eigenvalue weighted by molar-refractivity contribution is 5.35. The molecule has 1 aromatic rings. The molecule has 2 rings (SSSR count). The number of halogens is 3. The molecule has 0 spiro atoms. The molecule has 2 N–H and O–H groups in total. The van der Waals surface area contributed by atoms with Crippen LogP contribution in [-0.2, 0) is 19.1 Å². The lowest BCUT2D eigenvalue weighted by Gasteiger charge is -2.29. The fourth-order valence-corrected chi connectivity index (χ4v) is 2.46. The van der Waals surface area contributed by atoms with Crippen LogP contribution in [0.5, 0.6) is 0 Å². The van der Waals surface area contributed by atoms with Crippen molar-refractivity contribution in [2.45, 2.75) is 32.0 Å². The van der Waals surface area contributed by atoms with Crippen LogP contribution in [-0.4, -0.2) is 24.5 Å². The molecule has 19 heavy (non-hydrogen) atoms. The Morgan fingerprint density at radius 2 is 1.95 bits per heavy atom. The standard InChI is InChI=1S/C14H19F3N2/c15-14(16,17)13-4-3-11-5-8-19(7-2-1-6-18)10-12(11)9-13/h3-4,9H,1-2,5-8,10,18H2. The fraction of sp³-hybridized carbons (Fsp3) is 0.571. The van der Waals surface area contributed by atoms with Crippen LogP contribution in [0.2, 0.25) is 0 Å². The molecular weight excluding hydrogens is 253 g/mol. The van der Waals surface area contributed by atoms with Gasteiger partial charge in [-0.15, -0.1) is 0 Å². The van der Waals surface area contributed by atoms with Crippen LogP contribution in [0.25, 0.3) is 0 Å². The fourth-order valence-electron chi connectivity index (χ4n) is 2.46. The van der Waals surface area contributed by atoms with Crippen LogP contribution in [0.15, 0.2) is 18.2 Å². The van der Waals surface area contributed by atoms with Crippen molar-refractivity contribution >= 4 is 0 Å². The Morgan fingerprint density at radius 3 is 2.63 bits per heavy atom. The number of benzene rings is 1. The van der Waals surface area contributed by atoms with Crippen molar-refractivity contribution in [3.8, 4) is 0 Å². The van der Waals surface area contributed by atoms with Gasteiger partial charge in [-0.25, -0.2) is 0 Å². The lowest BCUT2D eigenvalue weighted by Crippen LogP contribution is -2.31. The van der Waals surface area contributed by atoms with Gasteiger partial charge in [-0.05, 0) is 55.6 Å². The number of hydrogen-bond donors (Lipinski definition) is 1. The van der Waals surface area contributed by atoms with Gasteiger partial charge in [0.25, 0.3) is 0 Å². The molecule has 1 heterocycles. The van der Waals surface area contributed by atoms with Crippen LogP contribution < -0.4 is 5.73 Å². The van der Waals surface area contributed by atoms with Crippen molar-refractivity contribution in [1.29, 1.82) is 0 Å². The van der Waals surface area contributed by atoms with Gasteiger partial charge >= 0.3 is 6.18 Å². The van der Waals surface area contributed by atoms with Gasteiger partial charge in [0.05, 0.1) is 5.56 Å². The highest BCUT2D eigenvalue weighted by atomic mass is 19.4. The summed E-state index contributed by atoms with van der Waals surface area (Å²) in [6, 6.07) is 4.10. The Morgan fingerprint density at radius 1 is 1.16 bits per heavy atom. The molecule has 0 aromatic heterocycles. The van der Waals surface area contributed by atoms with Gasteiger partial charge in [0.15, 0.2) is 0 Å². The van der Waals surface area contributed by atoms with Gasteiger partial charge in [0.2, 0.25) is 0 Å². The average molecular weight is 272 g/mol. The van der Waals surface area contributed by atoms with E-state index in [-0.39, 0.29) is 0 Å². The average Bonchev–Trinajstić information content (AvgIpc) is 2.37. The van der Waals surface area contributed by atoms with Gasteiger partial charge in [0.1, 0.15) is 0 Å². The maximum atomic E-state index is 12.7. The molecule has 1 aliphatic heterocycles. The maximum Gasteiger partial charge on any atom is 0.416 e. The molecule has 0 saturated carbocycles. The van der Waals surface area contributed by atoms with E-state index in [1.165, 1.54) is 12.1 Å². The van der Waals surface area contributed by atoms with Crippen LogP contribution in [0.3, 0.4) is 0 Å². The van der Waals surface area contributed by atoms with Crippen molar-refractivity contribution < 1.29 is 13.2 Å². The molecule has 0 atom stereocenters. The smallest absolute Gasteiger partial charge is 0.330 e. The summed E-state index contributed by atoms with van der Waals surface area (Å²) in [4.78, 5) is 2.21. The van der Waals surface area contributed by atoms with E-state index in [0.717, 1.165) is 43.5 Å². The van der Waals surface area contributed by atoms with Crippen molar-refractivity contribution in [3.05, 3.63) is 34.9 Å². The number of alkyl halides is 3. The third-order valence-corrected chi connectivity index (χ3v) is 3.55. The largest absolute Gasteiger partial charge is 0.416 e. The first-order valence-corrected chi connectivity index (χ1v) is 6.62. The van der Waals surface area contributed by atoms with Gasteiger partial charge in [0, 0.05) is 13.1 Å². The topological polar surface area (TPSA) is 29.3 Å². The summed E-state index contributed by atoms with van der Waals surface area (Å²) in [6.07, 6.45) is -1.45. The zero-order chi connectivity index (χ0) is 13.9. The lowest BCUT2D eigenvalue weighted by atomic mass is 9.97. The molecule has 0 radical (unpaired) electrons. The second kappa shape index (κ2) is 5.92. The minimum absolute atomic E-state index is 0.546. The monoisotopic (exact) mass is 272 g/mol. The zero-order valence-electron chi connectivity index (χ0n) is 10.8. The first kappa shape index (κ1) is 14.3. The number of nitrogens with two attached hydrogens (primary N) is 1. The first-order valence-electron chi connectivity index (χ1n) is 6.62. The van der Waals surface area contributed by atoms with E-state index in [0.29, 0.717) is 13.1 Å². The predicted molar refractivity (Wildman–Crippen MR) is 68.7 cm³/mol. The van der Waals surface area contributed by atoms with E-state index in [4.69, 9.17) is 5.73 Å². The van der Waals surface area contributed by atoms with Crippen molar-refractivity contribution in [1.82, 2.24) is 4.90 Å². The molecule has 5 heteroatoms. The lowest BCUT2D eigenvalue weighted by molar-refractivity contribution is -0.137. The SMILES string of the molecule is NCCCCN1CCc2ccc(C(F)(F)F)cc2C1. The molecule has 1 aliphatic rings. The third-order valence-electron chi connectivity index (χ3n) is 3.55. The number of rotatable bonds is 4. The first-order chi connectivity index (χ1) is 9.00. The molecule has 0 amide bonds. The number of unbranched alkanes of at least 4 members (excludes halogenated alkanes) is 1. The minimum Gasteiger partial charge on any atom is -0.330 e. The van der Waals surface area contributed by atoms with Crippen LogP contribution in [0.4, 0.5) is 13.2 Å². The summed E-state index contributed by atoms with van der Waals surface area (Å²) in [5, 5.41) is 0. The van der Waals surface area contributed by atoms with Gasteiger partial charge in [-0.3, -0.25) is 4.90 Å². The molecule has 106 valence electrons. The van der Waals surface area contributed by atoms with E-state index in [1.54, 1.807) is 6.07 Å². The molecular formula is C14H19F3N2. The highest BCUT2D eigenvalue weighted by Crippen LogP contribution is 2.32. The van der Waals surface area contributed by atoms with Gasteiger partial charge in [-0.1, -0.05) is 6.07 Å². The zero-order valence-corrected chi connectivity index (χ0v) is 10.8. The molecule has 0 aliphatic carbocycles. The second-order valence-electron chi connectivity index (χ2n) is 5.00. The van der Waals surface area contributed by atoms with E-state index < -0.39 is 11.7 Å². The summed E-state index contributed by atoms with van der Waals surface area (Å²) >= 11 is 0. The summed E-state index contributed by atoms with van der Waals surface area (Å²) in [5.74, 6) is 0. The maximum absolute atomic E-state index is 12.7. The van der Waals surface area contributed by atoms with Crippen molar-refractivity contribution in [2.75, 3.05) is 19.6 Å². The number of hydrogen-bond acceptors (Lipinski definition) is 2. The summed E-state index contributed by atoms with van der Waals surface area (Å²) in [5.41, 5.74) is 6.76. The van der Waals surface area contributed by atoms with Gasteiger partial charge in [-0.2, -0.15) is 13.2 Å². The Balaban J connectivity index is 2.06. The molecule has 0 bridgehead atoms. The van der Waals surface area contributed by atoms with E-state index in [9.17, 15) is 13.2 Å². The van der Waals surface area contributed by atoms with Gasteiger partial charge < -0.3 is 5.73 Å². The van der Waals surface area contributed by atoms with Crippen molar-refractivity contribution in [2.24, 2.45) is 5.73 Å². The quantitative estimate of drug-likeness (QED) is 0.854. The highest BCUT2D eigenvalue weighted by Gasteiger charge is 2.31. The van der Waals surface area contributed by atoms with E-state index in [1.807, 2.05) is 0 Å². The number of nitrogens with zero attached hydrogens (tertiary/aromatic N) is 1. The molecule has 0 unspecified atom stereocenters. The minimum atomic E-state index is -4.25. The molecule has 0 saturated heterocycles. The molecule has 1 aromatic carbocycles. The summed E-state index contributed by atoms with van der Waals surface area (Å²) in [7, 11) is 0. The van der Waals surface area contributed by atoms with Crippen molar-refractivity contribution in [3.63, 3.8) is 0 Å². The van der Waals surface area contributed by atoms with Crippen LogP contribution >= 0.6 is 0 Å². The Bertz CT molecular complexity index is 429. The second-order valence-corrected chi connectivity index (χ2v) is 5.00. The van der Waals surface area contributed by atoms with Crippen LogP contribution in [0.1, 0.15) is 29.5 Å². The third kappa shape index (κ3) is 3.70. The number of fused-ring (bicyclic) bond motifs is 1. The van der Waals surface area contributed by atoms with E-state index >= 15 is 0 Å². The normalized spacial score (nSPS) is 16.4. The molecule has 0 fully saturated rings. The molecule has 2 nitrogen and oxygen atoms in total. The Hall–Kier alpha value is -1.07. The Kier molecular flexibility index (Phi) is 4.47. The summed E-state index contributed by atoms with van der Waals surface area (Å²) in [6.45, 7) is 3.11. The van der Waals surface area contributed by atoms with E-state index in [2.05, 4.69) is 4.90 Å². The Labute approximate surface area is 111 Å². The summed E-state index contributed by atoms with van der Waals surface area (Å²) < 4.78 is 38.0.